The first kappa shape index (κ1) is 16.0. The average Bonchev–Trinajstić information content (AvgIpc) is 2.75. The SMILES string of the molecule is CCCC[C@@H](NC(C)=O)C1C[C@@H](C(=O)OC)C[C@H]1N. The largest absolute Gasteiger partial charge is 0.469 e. The van der Waals surface area contributed by atoms with Gasteiger partial charge in [-0.05, 0) is 25.2 Å². The molecule has 110 valence electrons. The van der Waals surface area contributed by atoms with Crippen LogP contribution in [0.3, 0.4) is 0 Å². The molecule has 0 aromatic carbocycles. The zero-order valence-corrected chi connectivity index (χ0v) is 12.1. The minimum absolute atomic E-state index is 0.0326. The number of ether oxygens (including phenoxy) is 1. The van der Waals surface area contributed by atoms with E-state index in [1.54, 1.807) is 0 Å². The molecule has 0 radical (unpaired) electrons. The van der Waals surface area contributed by atoms with E-state index in [-0.39, 0.29) is 35.8 Å². The van der Waals surface area contributed by atoms with Gasteiger partial charge in [0.25, 0.3) is 0 Å². The molecule has 1 saturated carbocycles. The van der Waals surface area contributed by atoms with Crippen molar-refractivity contribution in [1.82, 2.24) is 5.32 Å². The standard InChI is InChI=1S/C14H26N2O3/c1-4-5-6-13(16-9(2)17)11-7-10(8-12(11)15)14(18)19-3/h10-13H,4-8,15H2,1-3H3,(H,16,17)/t10-,11?,12-,13-/m1/s1. The van der Waals surface area contributed by atoms with Crippen LogP contribution in [0.5, 0.6) is 0 Å². The van der Waals surface area contributed by atoms with Gasteiger partial charge >= 0.3 is 5.97 Å². The van der Waals surface area contributed by atoms with Gasteiger partial charge in [0.1, 0.15) is 0 Å². The Hall–Kier alpha value is -1.10. The van der Waals surface area contributed by atoms with E-state index in [2.05, 4.69) is 12.2 Å². The van der Waals surface area contributed by atoms with E-state index < -0.39 is 0 Å². The predicted octanol–water partition coefficient (Wildman–Crippen LogP) is 1.21. The molecule has 0 aliphatic heterocycles. The second kappa shape index (κ2) is 7.48. The van der Waals surface area contributed by atoms with Crippen LogP contribution in [0, 0.1) is 11.8 Å². The lowest BCUT2D eigenvalue weighted by molar-refractivity contribution is -0.145. The topological polar surface area (TPSA) is 81.4 Å². The van der Waals surface area contributed by atoms with Gasteiger partial charge in [0.2, 0.25) is 5.91 Å². The molecule has 0 aromatic rings. The predicted molar refractivity (Wildman–Crippen MR) is 73.3 cm³/mol. The highest BCUT2D eigenvalue weighted by Crippen LogP contribution is 2.34. The Kier molecular flexibility index (Phi) is 6.28. The van der Waals surface area contributed by atoms with Crippen molar-refractivity contribution < 1.29 is 14.3 Å². The second-order valence-electron chi connectivity index (χ2n) is 5.47. The molecule has 0 saturated heterocycles. The van der Waals surface area contributed by atoms with E-state index in [4.69, 9.17) is 10.5 Å². The molecule has 1 aliphatic carbocycles. The summed E-state index contributed by atoms with van der Waals surface area (Å²) in [5.41, 5.74) is 6.15. The van der Waals surface area contributed by atoms with E-state index in [1.807, 2.05) is 0 Å². The maximum Gasteiger partial charge on any atom is 0.308 e. The van der Waals surface area contributed by atoms with Crippen LogP contribution in [0.15, 0.2) is 0 Å². The molecule has 1 unspecified atom stereocenters. The quantitative estimate of drug-likeness (QED) is 0.711. The van der Waals surface area contributed by atoms with Crippen molar-refractivity contribution in [3.05, 3.63) is 0 Å². The fourth-order valence-corrected chi connectivity index (χ4v) is 3.00. The van der Waals surface area contributed by atoms with Crippen molar-refractivity contribution in [2.24, 2.45) is 17.6 Å². The van der Waals surface area contributed by atoms with Gasteiger partial charge in [-0.3, -0.25) is 9.59 Å². The Morgan fingerprint density at radius 1 is 1.42 bits per heavy atom. The molecule has 0 heterocycles. The molecule has 1 rings (SSSR count). The number of rotatable bonds is 6. The Morgan fingerprint density at radius 3 is 2.63 bits per heavy atom. The van der Waals surface area contributed by atoms with E-state index in [9.17, 15) is 9.59 Å². The lowest BCUT2D eigenvalue weighted by atomic mass is 9.90. The molecule has 0 aromatic heterocycles. The van der Waals surface area contributed by atoms with Crippen LogP contribution in [0.25, 0.3) is 0 Å². The normalized spacial score (nSPS) is 27.9. The third kappa shape index (κ3) is 4.49. The van der Waals surface area contributed by atoms with Crippen molar-refractivity contribution in [3.8, 4) is 0 Å². The molecule has 19 heavy (non-hydrogen) atoms. The van der Waals surface area contributed by atoms with E-state index in [0.717, 1.165) is 19.3 Å². The minimum Gasteiger partial charge on any atom is -0.469 e. The summed E-state index contributed by atoms with van der Waals surface area (Å²) < 4.78 is 4.79. The molecule has 0 spiro atoms. The van der Waals surface area contributed by atoms with Crippen molar-refractivity contribution in [2.75, 3.05) is 7.11 Å². The van der Waals surface area contributed by atoms with Gasteiger partial charge in [-0.1, -0.05) is 19.8 Å². The number of unbranched alkanes of at least 4 members (excludes halogenated alkanes) is 1. The average molecular weight is 270 g/mol. The number of amides is 1. The Balaban J connectivity index is 2.67. The number of methoxy groups -OCH3 is 1. The summed E-state index contributed by atoms with van der Waals surface area (Å²) >= 11 is 0. The third-order valence-corrected chi connectivity index (χ3v) is 3.97. The van der Waals surface area contributed by atoms with Gasteiger partial charge in [-0.25, -0.2) is 0 Å². The summed E-state index contributed by atoms with van der Waals surface area (Å²) in [4.78, 5) is 22.9. The van der Waals surface area contributed by atoms with E-state index in [1.165, 1.54) is 14.0 Å². The van der Waals surface area contributed by atoms with Crippen molar-refractivity contribution in [2.45, 2.75) is 58.0 Å². The number of nitrogens with one attached hydrogen (secondary N) is 1. The summed E-state index contributed by atoms with van der Waals surface area (Å²) in [5, 5.41) is 2.99. The van der Waals surface area contributed by atoms with E-state index in [0.29, 0.717) is 12.8 Å². The first-order chi connectivity index (χ1) is 8.99. The lowest BCUT2D eigenvalue weighted by Gasteiger charge is -2.27. The first-order valence-electron chi connectivity index (χ1n) is 7.10. The third-order valence-electron chi connectivity index (χ3n) is 3.97. The lowest BCUT2D eigenvalue weighted by Crippen LogP contribution is -2.44. The van der Waals surface area contributed by atoms with Crippen molar-refractivity contribution in [1.29, 1.82) is 0 Å². The maximum absolute atomic E-state index is 11.6. The molecule has 5 heteroatoms. The van der Waals surface area contributed by atoms with Gasteiger partial charge in [0.15, 0.2) is 0 Å². The maximum atomic E-state index is 11.6. The summed E-state index contributed by atoms with van der Waals surface area (Å²) in [5.74, 6) is -0.174. The van der Waals surface area contributed by atoms with Gasteiger partial charge in [-0.15, -0.1) is 0 Å². The number of hydrogen-bond acceptors (Lipinski definition) is 4. The van der Waals surface area contributed by atoms with Crippen LogP contribution >= 0.6 is 0 Å². The summed E-state index contributed by atoms with van der Waals surface area (Å²) in [6.45, 7) is 3.65. The first-order valence-corrected chi connectivity index (χ1v) is 7.10. The van der Waals surface area contributed by atoms with Crippen LogP contribution in [0.2, 0.25) is 0 Å². The summed E-state index contributed by atoms with van der Waals surface area (Å²) in [7, 11) is 1.41. The fraction of sp³-hybridized carbons (Fsp3) is 0.857. The van der Waals surface area contributed by atoms with Crippen LogP contribution in [-0.4, -0.2) is 31.1 Å². The molecule has 0 bridgehead atoms. The Labute approximate surface area is 115 Å². The van der Waals surface area contributed by atoms with Crippen LogP contribution in [0.4, 0.5) is 0 Å². The molecule has 1 amide bonds. The Morgan fingerprint density at radius 2 is 2.11 bits per heavy atom. The van der Waals surface area contributed by atoms with Crippen LogP contribution in [-0.2, 0) is 14.3 Å². The molecule has 1 aliphatic rings. The fourth-order valence-electron chi connectivity index (χ4n) is 3.00. The van der Waals surface area contributed by atoms with Gasteiger partial charge in [-0.2, -0.15) is 0 Å². The molecule has 4 atom stereocenters. The number of carbonyl (C=O) groups is 2. The second-order valence-corrected chi connectivity index (χ2v) is 5.47. The van der Waals surface area contributed by atoms with Crippen LogP contribution < -0.4 is 11.1 Å². The van der Waals surface area contributed by atoms with Gasteiger partial charge < -0.3 is 15.8 Å². The molecule has 3 N–H and O–H groups in total. The highest BCUT2D eigenvalue weighted by molar-refractivity contribution is 5.74. The van der Waals surface area contributed by atoms with Gasteiger partial charge in [0.05, 0.1) is 13.0 Å². The number of carbonyl (C=O) groups excluding carboxylic acids is 2. The smallest absolute Gasteiger partial charge is 0.308 e. The Bertz CT molecular complexity index is 320. The molecular weight excluding hydrogens is 244 g/mol. The highest BCUT2D eigenvalue weighted by Gasteiger charge is 2.40. The molecule has 1 fully saturated rings. The van der Waals surface area contributed by atoms with Gasteiger partial charge in [0, 0.05) is 19.0 Å². The number of hydrogen-bond donors (Lipinski definition) is 2. The zero-order valence-electron chi connectivity index (χ0n) is 12.1. The minimum atomic E-state index is -0.185. The summed E-state index contributed by atoms with van der Waals surface area (Å²) in [6, 6.07) is 0.0277. The highest BCUT2D eigenvalue weighted by atomic mass is 16.5. The summed E-state index contributed by atoms with van der Waals surface area (Å²) in [6.07, 6.45) is 4.42. The monoisotopic (exact) mass is 270 g/mol. The number of nitrogens with two attached hydrogens (primary N) is 1. The van der Waals surface area contributed by atoms with Crippen molar-refractivity contribution in [3.63, 3.8) is 0 Å². The molecular formula is C14H26N2O3. The van der Waals surface area contributed by atoms with Crippen LogP contribution in [0.1, 0.15) is 46.0 Å². The van der Waals surface area contributed by atoms with E-state index >= 15 is 0 Å². The zero-order chi connectivity index (χ0) is 14.4. The van der Waals surface area contributed by atoms with Crippen molar-refractivity contribution >= 4 is 11.9 Å². The number of esters is 1. The molecule has 5 nitrogen and oxygen atoms in total.